The van der Waals surface area contributed by atoms with Crippen molar-refractivity contribution in [2.75, 3.05) is 0 Å². The van der Waals surface area contributed by atoms with E-state index in [-0.39, 0.29) is 11.4 Å². The Morgan fingerprint density at radius 1 is 1.25 bits per heavy atom. The van der Waals surface area contributed by atoms with Crippen LogP contribution in [0.15, 0.2) is 45.9 Å². The molecule has 1 aromatic carbocycles. The normalized spacial score (nSPS) is 12.2. The van der Waals surface area contributed by atoms with Crippen molar-refractivity contribution < 1.29 is 13.9 Å². The molecule has 28 heavy (non-hydrogen) atoms. The highest BCUT2D eigenvalue weighted by Gasteiger charge is 2.24. The number of thiophene rings is 1. The summed E-state index contributed by atoms with van der Waals surface area (Å²) >= 11 is 1.13. The van der Waals surface area contributed by atoms with Gasteiger partial charge in [-0.25, -0.2) is 9.78 Å². The second-order valence-electron chi connectivity index (χ2n) is 6.26. The van der Waals surface area contributed by atoms with Crippen molar-refractivity contribution in [3.63, 3.8) is 0 Å². The van der Waals surface area contributed by atoms with Crippen molar-refractivity contribution in [3.8, 4) is 11.5 Å². The van der Waals surface area contributed by atoms with Crippen LogP contribution in [-0.4, -0.2) is 25.7 Å². The molecule has 0 bridgehead atoms. The minimum atomic E-state index is -0.738. The first-order valence-corrected chi connectivity index (χ1v) is 9.32. The predicted octanol–water partition coefficient (Wildman–Crippen LogP) is 3.27. The molecular formula is C19H16N4O4S. The fourth-order valence-corrected chi connectivity index (χ4v) is 3.79. The number of carbonyl (C=O) groups is 1. The summed E-state index contributed by atoms with van der Waals surface area (Å²) in [7, 11) is 1.62. The van der Waals surface area contributed by atoms with Crippen LogP contribution in [0.5, 0.6) is 0 Å². The van der Waals surface area contributed by atoms with Gasteiger partial charge in [0, 0.05) is 12.6 Å². The Morgan fingerprint density at radius 3 is 2.75 bits per heavy atom. The molecule has 3 aromatic heterocycles. The van der Waals surface area contributed by atoms with Crippen molar-refractivity contribution in [3.05, 3.63) is 63.3 Å². The summed E-state index contributed by atoms with van der Waals surface area (Å²) in [6.07, 6.45) is 0.694. The molecule has 0 aliphatic carbocycles. The van der Waals surface area contributed by atoms with E-state index in [0.717, 1.165) is 16.9 Å². The number of rotatable bonds is 4. The van der Waals surface area contributed by atoms with Gasteiger partial charge in [0.05, 0.1) is 11.7 Å². The first-order valence-electron chi connectivity index (χ1n) is 8.50. The van der Waals surface area contributed by atoms with Gasteiger partial charge < -0.3 is 13.7 Å². The van der Waals surface area contributed by atoms with Gasteiger partial charge in [-0.05, 0) is 31.5 Å². The van der Waals surface area contributed by atoms with Crippen LogP contribution >= 0.6 is 11.3 Å². The zero-order chi connectivity index (χ0) is 19.8. The van der Waals surface area contributed by atoms with E-state index in [1.54, 1.807) is 20.9 Å². The molecule has 3 heterocycles. The van der Waals surface area contributed by atoms with Gasteiger partial charge in [0.2, 0.25) is 5.89 Å². The average Bonchev–Trinajstić information content (AvgIpc) is 3.31. The Balaban J connectivity index is 1.58. The van der Waals surface area contributed by atoms with Crippen molar-refractivity contribution >= 4 is 27.5 Å². The molecule has 1 atom stereocenters. The maximum absolute atomic E-state index is 12.7. The summed E-state index contributed by atoms with van der Waals surface area (Å²) in [5.74, 6) is -0.0150. The van der Waals surface area contributed by atoms with Crippen LogP contribution in [-0.2, 0) is 11.8 Å². The molecule has 0 radical (unpaired) electrons. The number of carbonyl (C=O) groups excluding carboxylic acids is 1. The SMILES string of the molecule is Cc1c(C(=O)OC(C)c2nnc(-c3ccccc3)o2)sc2ncn(C)c(=O)c12. The monoisotopic (exact) mass is 396 g/mol. The minimum Gasteiger partial charge on any atom is -0.448 e. The maximum Gasteiger partial charge on any atom is 0.349 e. The van der Waals surface area contributed by atoms with Crippen molar-refractivity contribution in [2.45, 2.75) is 20.0 Å². The first-order chi connectivity index (χ1) is 13.5. The highest BCUT2D eigenvalue weighted by Crippen LogP contribution is 2.29. The molecule has 0 spiro atoms. The summed E-state index contributed by atoms with van der Waals surface area (Å²) in [4.78, 5) is 30.0. The summed E-state index contributed by atoms with van der Waals surface area (Å²) in [5.41, 5.74) is 1.14. The van der Waals surface area contributed by atoms with Crippen molar-refractivity contribution in [2.24, 2.45) is 7.05 Å². The molecule has 0 N–H and O–H groups in total. The zero-order valence-electron chi connectivity index (χ0n) is 15.4. The molecule has 0 aliphatic rings. The van der Waals surface area contributed by atoms with Crippen LogP contribution in [0.25, 0.3) is 21.7 Å². The summed E-state index contributed by atoms with van der Waals surface area (Å²) in [6, 6.07) is 9.32. The predicted molar refractivity (Wildman–Crippen MR) is 103 cm³/mol. The van der Waals surface area contributed by atoms with E-state index in [2.05, 4.69) is 15.2 Å². The number of hydrogen-bond donors (Lipinski definition) is 0. The van der Waals surface area contributed by atoms with E-state index in [0.29, 0.717) is 26.5 Å². The van der Waals surface area contributed by atoms with Crippen LogP contribution in [0.4, 0.5) is 0 Å². The van der Waals surface area contributed by atoms with Gasteiger partial charge in [0.25, 0.3) is 11.4 Å². The lowest BCUT2D eigenvalue weighted by Gasteiger charge is -2.08. The lowest BCUT2D eigenvalue weighted by atomic mass is 10.2. The van der Waals surface area contributed by atoms with Crippen LogP contribution in [0.2, 0.25) is 0 Å². The molecule has 0 saturated heterocycles. The molecule has 0 amide bonds. The van der Waals surface area contributed by atoms with E-state index >= 15 is 0 Å². The van der Waals surface area contributed by atoms with Gasteiger partial charge in [0.1, 0.15) is 9.71 Å². The van der Waals surface area contributed by atoms with Crippen LogP contribution in [0, 0.1) is 6.92 Å². The van der Waals surface area contributed by atoms with Crippen LogP contribution in [0.1, 0.15) is 34.2 Å². The average molecular weight is 396 g/mol. The quantitative estimate of drug-likeness (QED) is 0.488. The number of benzene rings is 1. The Labute approximate surface area is 163 Å². The second kappa shape index (κ2) is 7.01. The number of nitrogens with zero attached hydrogens (tertiary/aromatic N) is 4. The van der Waals surface area contributed by atoms with E-state index in [9.17, 15) is 9.59 Å². The topological polar surface area (TPSA) is 100 Å². The molecule has 0 aliphatic heterocycles. The molecule has 9 heteroatoms. The zero-order valence-corrected chi connectivity index (χ0v) is 16.2. The maximum atomic E-state index is 12.7. The Kier molecular flexibility index (Phi) is 4.52. The van der Waals surface area contributed by atoms with Gasteiger partial charge in [-0.3, -0.25) is 4.79 Å². The molecule has 4 rings (SSSR count). The highest BCUT2D eigenvalue weighted by molar-refractivity contribution is 7.20. The molecule has 4 aromatic rings. The summed E-state index contributed by atoms with van der Waals surface area (Å²) in [6.45, 7) is 3.36. The highest BCUT2D eigenvalue weighted by atomic mass is 32.1. The summed E-state index contributed by atoms with van der Waals surface area (Å²) < 4.78 is 12.5. The Morgan fingerprint density at radius 2 is 2.00 bits per heavy atom. The Hall–Kier alpha value is -3.33. The molecule has 8 nitrogen and oxygen atoms in total. The Bertz CT molecular complexity index is 1230. The van der Waals surface area contributed by atoms with Gasteiger partial charge in [-0.2, -0.15) is 0 Å². The third-order valence-electron chi connectivity index (χ3n) is 4.29. The molecule has 142 valence electrons. The first kappa shape index (κ1) is 18.1. The lowest BCUT2D eigenvalue weighted by Crippen LogP contribution is -2.17. The van der Waals surface area contributed by atoms with Crippen LogP contribution in [0.3, 0.4) is 0 Å². The van der Waals surface area contributed by atoms with Crippen molar-refractivity contribution in [1.82, 2.24) is 19.7 Å². The largest absolute Gasteiger partial charge is 0.448 e. The molecular weight excluding hydrogens is 380 g/mol. The minimum absolute atomic E-state index is 0.194. The summed E-state index contributed by atoms with van der Waals surface area (Å²) in [5, 5.41) is 8.41. The molecule has 0 fully saturated rings. The van der Waals surface area contributed by atoms with E-state index in [1.807, 2.05) is 30.3 Å². The van der Waals surface area contributed by atoms with E-state index in [1.165, 1.54) is 10.9 Å². The number of ether oxygens (including phenoxy) is 1. The lowest BCUT2D eigenvalue weighted by molar-refractivity contribution is 0.0285. The fraction of sp³-hybridized carbons (Fsp3) is 0.211. The van der Waals surface area contributed by atoms with Gasteiger partial charge >= 0.3 is 5.97 Å². The van der Waals surface area contributed by atoms with Gasteiger partial charge in [0.15, 0.2) is 6.10 Å². The molecule has 1 unspecified atom stereocenters. The molecule has 0 saturated carbocycles. The van der Waals surface area contributed by atoms with Crippen molar-refractivity contribution in [1.29, 1.82) is 0 Å². The number of fused-ring (bicyclic) bond motifs is 1. The van der Waals surface area contributed by atoms with Crippen LogP contribution < -0.4 is 5.56 Å². The van der Waals surface area contributed by atoms with Gasteiger partial charge in [-0.1, -0.05) is 18.2 Å². The smallest absolute Gasteiger partial charge is 0.349 e. The number of aromatic nitrogens is 4. The third kappa shape index (κ3) is 3.09. The number of hydrogen-bond acceptors (Lipinski definition) is 8. The van der Waals surface area contributed by atoms with Gasteiger partial charge in [-0.15, -0.1) is 21.5 Å². The number of aryl methyl sites for hydroxylation is 2. The second-order valence-corrected chi connectivity index (χ2v) is 7.26. The number of esters is 1. The fourth-order valence-electron chi connectivity index (χ4n) is 2.76. The standard InChI is InChI=1S/C19H16N4O4S/c1-10-13-17(20-9-23(3)18(13)24)28-14(10)19(25)26-11(2)15-21-22-16(27-15)12-7-5-4-6-8-12/h4-9,11H,1-3H3. The van der Waals surface area contributed by atoms with E-state index in [4.69, 9.17) is 9.15 Å². The third-order valence-corrected chi connectivity index (χ3v) is 5.47. The van der Waals surface area contributed by atoms with E-state index < -0.39 is 12.1 Å².